The first kappa shape index (κ1) is 98.5. The molecule has 22 heteroatoms. The lowest BCUT2D eigenvalue weighted by Gasteiger charge is -2.36. The summed E-state index contributed by atoms with van der Waals surface area (Å²) < 4.78 is 58.5. The van der Waals surface area contributed by atoms with Gasteiger partial charge in [0.2, 0.25) is 11.8 Å². The molecule has 0 aromatic heterocycles. The predicted molar refractivity (Wildman–Crippen MR) is 534 cm³/mol. The lowest BCUT2D eigenvalue weighted by molar-refractivity contribution is -0.126. The molecule has 22 nitrogen and oxygen atoms in total. The fourth-order valence-electron chi connectivity index (χ4n) is 16.2. The van der Waals surface area contributed by atoms with Crippen LogP contribution in [0.25, 0.3) is 0 Å². The van der Waals surface area contributed by atoms with Crippen LogP contribution in [0.15, 0.2) is 376 Å². The highest BCUT2D eigenvalue weighted by Crippen LogP contribution is 2.47. The molecule has 0 saturated heterocycles. The molecule has 138 heavy (non-hydrogen) atoms. The number of rotatable bonds is 43. The third-order valence-electron chi connectivity index (χ3n) is 23.2. The van der Waals surface area contributed by atoms with Crippen molar-refractivity contribution < 1.29 is 76.1 Å². The van der Waals surface area contributed by atoms with E-state index < -0.39 is 10.8 Å². The van der Waals surface area contributed by atoms with E-state index in [-0.39, 0.29) is 48.3 Å². The minimum Gasteiger partial charge on any atom is -0.494 e. The fraction of sp³-hybridized carbons (Fsp3) is 0.224. The molecular formula is C116H116N6O16. The van der Waals surface area contributed by atoms with E-state index in [0.717, 1.165) is 44.9 Å². The summed E-state index contributed by atoms with van der Waals surface area (Å²) in [5.41, 5.74) is 13.6. The number of hydrogen-bond acceptors (Lipinski definition) is 16. The lowest BCUT2D eigenvalue weighted by atomic mass is 9.65. The average molecular weight is 1850 g/mol. The minimum atomic E-state index is -0.505. The third kappa shape index (κ3) is 29.0. The molecule has 8 bridgehead atoms. The first-order valence-electron chi connectivity index (χ1n) is 46.8. The van der Waals surface area contributed by atoms with Gasteiger partial charge in [0.05, 0.1) is 76.9 Å². The van der Waals surface area contributed by atoms with Crippen molar-refractivity contribution in [1.29, 1.82) is 0 Å². The highest BCUT2D eigenvalue weighted by molar-refractivity contribution is 6.00. The predicted octanol–water partition coefficient (Wildman–Crippen LogP) is 18.4. The molecular weight excluding hydrogens is 1730 g/mol. The van der Waals surface area contributed by atoms with Gasteiger partial charge in [-0.3, -0.25) is 28.8 Å². The summed E-state index contributed by atoms with van der Waals surface area (Å²) in [6, 6.07) is 124. The minimum absolute atomic E-state index is 0.102. The Morgan fingerprint density at radius 1 is 0.225 bits per heavy atom. The second-order valence-corrected chi connectivity index (χ2v) is 32.7. The fourth-order valence-corrected chi connectivity index (χ4v) is 16.2. The van der Waals surface area contributed by atoms with Crippen molar-refractivity contribution in [3.8, 4) is 34.5 Å². The number of carbonyl (C=O) groups excluding carboxylic acids is 6. The Morgan fingerprint density at radius 3 is 0.645 bits per heavy atom. The molecule has 0 radical (unpaired) electrons. The van der Waals surface area contributed by atoms with Crippen molar-refractivity contribution >= 4 is 35.4 Å². The van der Waals surface area contributed by atoms with Crippen LogP contribution in [0.1, 0.15) is 134 Å². The zero-order valence-corrected chi connectivity index (χ0v) is 77.3. The van der Waals surface area contributed by atoms with Crippen molar-refractivity contribution in [2.45, 2.75) is 62.7 Å². The zero-order chi connectivity index (χ0) is 95.3. The maximum absolute atomic E-state index is 12.7. The van der Waals surface area contributed by atoms with E-state index in [1.165, 1.54) is 33.4 Å². The number of ether oxygens (including phenoxy) is 10. The Hall–Kier alpha value is -15.5. The van der Waals surface area contributed by atoms with E-state index in [2.05, 4.69) is 238 Å². The van der Waals surface area contributed by atoms with Crippen LogP contribution in [0.3, 0.4) is 0 Å². The van der Waals surface area contributed by atoms with Crippen molar-refractivity contribution in [3.63, 3.8) is 0 Å². The van der Waals surface area contributed by atoms with E-state index in [1.54, 1.807) is 48.5 Å². The average Bonchev–Trinajstić information content (AvgIpc) is 0.739. The molecule has 18 rings (SSSR count). The Morgan fingerprint density at radius 2 is 0.420 bits per heavy atom. The van der Waals surface area contributed by atoms with E-state index in [9.17, 15) is 28.8 Å². The third-order valence-corrected chi connectivity index (χ3v) is 23.2. The van der Waals surface area contributed by atoms with Crippen LogP contribution in [0.5, 0.6) is 34.5 Å². The first-order chi connectivity index (χ1) is 67.9. The van der Waals surface area contributed by atoms with Gasteiger partial charge in [-0.1, -0.05) is 267 Å². The van der Waals surface area contributed by atoms with Crippen LogP contribution in [0.4, 0.5) is 0 Å². The highest BCUT2D eigenvalue weighted by atomic mass is 16.6. The summed E-state index contributed by atoms with van der Waals surface area (Å²) in [5, 5.41) is 17.3. The highest BCUT2D eigenvalue weighted by Gasteiger charge is 2.40. The van der Waals surface area contributed by atoms with Gasteiger partial charge in [-0.05, 0) is 189 Å². The number of benzene rings is 14. The Bertz CT molecular complexity index is 5400. The monoisotopic (exact) mass is 1850 g/mol. The molecule has 6 amide bonds. The second-order valence-electron chi connectivity index (χ2n) is 32.7. The van der Waals surface area contributed by atoms with Crippen molar-refractivity contribution in [3.05, 3.63) is 465 Å². The molecule has 4 aliphatic heterocycles. The van der Waals surface area contributed by atoms with Gasteiger partial charge in [0, 0.05) is 74.4 Å². The normalized spacial score (nSPS) is 12.3. The van der Waals surface area contributed by atoms with Crippen LogP contribution in [0.2, 0.25) is 0 Å². The van der Waals surface area contributed by atoms with E-state index >= 15 is 0 Å². The molecule has 14 aromatic carbocycles. The van der Waals surface area contributed by atoms with Crippen molar-refractivity contribution in [2.24, 2.45) is 0 Å². The molecule has 4 aliphatic rings. The molecule has 14 aromatic rings. The summed E-state index contributed by atoms with van der Waals surface area (Å²) in [4.78, 5) is 75.8. The Kier molecular flexibility index (Phi) is 37.8. The second kappa shape index (κ2) is 53.0. The molecule has 0 fully saturated rings. The smallest absolute Gasteiger partial charge is 0.251 e. The zero-order valence-electron chi connectivity index (χ0n) is 77.3. The van der Waals surface area contributed by atoms with Gasteiger partial charge in [-0.25, -0.2) is 0 Å². The van der Waals surface area contributed by atoms with E-state index in [0.29, 0.717) is 190 Å². The summed E-state index contributed by atoms with van der Waals surface area (Å²) in [6.07, 6.45) is 1.43. The summed E-state index contributed by atoms with van der Waals surface area (Å²) in [7, 11) is 0. The van der Waals surface area contributed by atoms with Crippen LogP contribution in [-0.2, 0) is 65.5 Å². The molecule has 6 N–H and O–H groups in total. The van der Waals surface area contributed by atoms with Gasteiger partial charge in [0.15, 0.2) is 0 Å². The SMILES string of the molecule is O=C(CCC(=O)NCCCOc1ccc(OCCOCCOCCOc2ccc(C(c3ccccc3)(c3ccccc3)c3ccccc3)cc2)cc1)NCCCOc1ccc(OCCOCCOCCOc2ccc(C(c3ccccc3)(c3ccccc3)c3ccccc3)cc2)cc1.O=C1NCc2ccc(cc2)CNC(=O)c2cccc(c2)C(=O)NCc2ccc(cc2)CNC(=O)c2cccc1c2. The van der Waals surface area contributed by atoms with Crippen LogP contribution in [-0.4, -0.2) is 141 Å². The van der Waals surface area contributed by atoms with Gasteiger partial charge in [-0.2, -0.15) is 0 Å². The van der Waals surface area contributed by atoms with Gasteiger partial charge >= 0.3 is 0 Å². The van der Waals surface area contributed by atoms with Gasteiger partial charge in [0.25, 0.3) is 23.6 Å². The standard InChI is InChI=1S/C84H88N2O12.C32H28N4O4/c87-81(85-51-19-53-93-77-41-45-79(46-42-77)97-65-61-91-57-55-89-59-63-95-75-37-33-73(34-38-75)83(67-21-7-1-8-22-67,68-23-9-2-10-24-68)69-25-11-3-12-26-69)49-50-82(88)86-52-20-54-94-78-43-47-80(48-44-78)98-66-62-92-58-56-90-60-64-96-76-39-35-74(36-40-76)84(70-27-13-4-14-28-70,71-29-15-5-16-30-71)72-31-17-6-18-32-72;37-29-25-3-1-4-26(15-25)30(38)34-18-22-9-13-24(14-10-22)20-36-32(40)28-6-2-5-27(16-28)31(39)35-19-23-11-7-21(8-12-23)17-33-29/h1-18,21-48H,19-20,49-66H2,(H,85,87)(H,86,88);1-16H,17-20H2,(H,33,37)(H,34,38)(H,35,39)(H,36,40). The quantitative estimate of drug-likeness (QED) is 0.0153. The Labute approximate surface area is 806 Å². The van der Waals surface area contributed by atoms with E-state index in [4.69, 9.17) is 47.4 Å². The molecule has 0 saturated carbocycles. The van der Waals surface area contributed by atoms with E-state index in [1.807, 2.05) is 121 Å². The maximum Gasteiger partial charge on any atom is 0.251 e. The van der Waals surface area contributed by atoms with Crippen molar-refractivity contribution in [1.82, 2.24) is 31.9 Å². The van der Waals surface area contributed by atoms with Gasteiger partial charge in [-0.15, -0.1) is 0 Å². The number of hydrogen-bond donors (Lipinski definition) is 6. The maximum atomic E-state index is 12.7. The van der Waals surface area contributed by atoms with Crippen molar-refractivity contribution in [2.75, 3.05) is 106 Å². The van der Waals surface area contributed by atoms with Crippen LogP contribution < -0.4 is 60.3 Å². The number of nitrogens with one attached hydrogen (secondary N) is 6. The summed E-state index contributed by atoms with van der Waals surface area (Å²) >= 11 is 0. The molecule has 0 aliphatic carbocycles. The summed E-state index contributed by atoms with van der Waals surface area (Å²) in [6.45, 7) is 8.05. The van der Waals surface area contributed by atoms with Gasteiger partial charge in [0.1, 0.15) is 60.9 Å². The lowest BCUT2D eigenvalue weighted by Crippen LogP contribution is -2.30. The molecule has 0 unspecified atom stereocenters. The number of carbonyl (C=O) groups is 6. The first-order valence-corrected chi connectivity index (χ1v) is 46.8. The Balaban J connectivity index is 0.000000314. The number of amides is 6. The van der Waals surface area contributed by atoms with Crippen LogP contribution in [0, 0.1) is 0 Å². The molecule has 0 atom stereocenters. The molecule has 4 heterocycles. The molecule has 0 spiro atoms. The topological polar surface area (TPSA) is 267 Å². The molecule has 706 valence electrons. The van der Waals surface area contributed by atoms with Crippen LogP contribution >= 0.6 is 0 Å². The largest absolute Gasteiger partial charge is 0.494 e. The summed E-state index contributed by atoms with van der Waals surface area (Å²) in [5.74, 6) is 2.87. The van der Waals surface area contributed by atoms with Gasteiger partial charge < -0.3 is 79.3 Å².